The van der Waals surface area contributed by atoms with E-state index in [2.05, 4.69) is 38.3 Å². The molecule has 0 aromatic carbocycles. The van der Waals surface area contributed by atoms with Crippen molar-refractivity contribution in [3.8, 4) is 0 Å². The molecule has 5 heteroatoms. The minimum atomic E-state index is -1.01. The van der Waals surface area contributed by atoms with Gasteiger partial charge in [0.15, 0.2) is 0 Å². The van der Waals surface area contributed by atoms with Crippen LogP contribution in [0.5, 0.6) is 0 Å². The molecule has 17 heavy (non-hydrogen) atoms. The van der Waals surface area contributed by atoms with E-state index in [1.807, 2.05) is 0 Å². The molecule has 5 nitrogen and oxygen atoms in total. The lowest BCUT2D eigenvalue weighted by Gasteiger charge is -2.29. The normalized spacial score (nSPS) is 17.7. The highest BCUT2D eigenvalue weighted by molar-refractivity contribution is 5.88. The van der Waals surface area contributed by atoms with Crippen LogP contribution < -0.4 is 10.6 Å². The van der Waals surface area contributed by atoms with Gasteiger partial charge in [0.1, 0.15) is 5.54 Å². The van der Waals surface area contributed by atoms with E-state index in [0.29, 0.717) is 25.3 Å². The first-order valence-corrected chi connectivity index (χ1v) is 5.99. The average Bonchev–Trinajstić information content (AvgIpc) is 2.96. The fourth-order valence-electron chi connectivity index (χ4n) is 1.29. The van der Waals surface area contributed by atoms with Gasteiger partial charge >= 0.3 is 12.0 Å². The molecule has 0 spiro atoms. The summed E-state index contributed by atoms with van der Waals surface area (Å²) in [7, 11) is 0. The third-order valence-corrected chi connectivity index (χ3v) is 3.78. The molecule has 1 fully saturated rings. The largest absolute Gasteiger partial charge is 0.480 e. The molecule has 98 valence electrons. The predicted octanol–water partition coefficient (Wildman–Crippen LogP) is 1.58. The second-order valence-electron chi connectivity index (χ2n) is 5.84. The van der Waals surface area contributed by atoms with Crippen molar-refractivity contribution in [2.45, 2.75) is 46.1 Å². The van der Waals surface area contributed by atoms with Gasteiger partial charge in [-0.25, -0.2) is 9.59 Å². The Kier molecular flexibility index (Phi) is 3.69. The molecular formula is C12H22N2O3. The van der Waals surface area contributed by atoms with Gasteiger partial charge in [0.25, 0.3) is 0 Å². The lowest BCUT2D eigenvalue weighted by molar-refractivity contribution is -0.140. The van der Waals surface area contributed by atoms with Crippen molar-refractivity contribution in [3.05, 3.63) is 0 Å². The summed E-state index contributed by atoms with van der Waals surface area (Å²) in [5.74, 6) is -0.507. The van der Waals surface area contributed by atoms with Gasteiger partial charge in [0.05, 0.1) is 0 Å². The molecular weight excluding hydrogens is 220 g/mol. The summed E-state index contributed by atoms with van der Waals surface area (Å²) in [6.07, 6.45) is 1.03. The number of carbonyl (C=O) groups excluding carboxylic acids is 1. The van der Waals surface area contributed by atoms with Crippen LogP contribution in [0.1, 0.15) is 40.5 Å². The Labute approximate surface area is 102 Å². The zero-order valence-electron chi connectivity index (χ0n) is 11.0. The van der Waals surface area contributed by atoms with Crippen LogP contribution in [0.15, 0.2) is 0 Å². The molecule has 0 bridgehead atoms. The van der Waals surface area contributed by atoms with Gasteiger partial charge in [-0.15, -0.1) is 0 Å². The summed E-state index contributed by atoms with van der Waals surface area (Å²) in [5, 5.41) is 14.2. The van der Waals surface area contributed by atoms with E-state index in [9.17, 15) is 9.59 Å². The molecule has 0 atom stereocenters. The number of carbonyl (C=O) groups is 2. The molecule has 0 radical (unpaired) electrons. The second kappa shape index (κ2) is 4.55. The molecule has 3 N–H and O–H groups in total. The molecule has 0 saturated heterocycles. The molecule has 1 saturated carbocycles. The highest BCUT2D eigenvalue weighted by Gasteiger charge is 2.51. The summed E-state index contributed by atoms with van der Waals surface area (Å²) in [4.78, 5) is 22.5. The third kappa shape index (κ3) is 3.35. The van der Waals surface area contributed by atoms with Crippen LogP contribution >= 0.6 is 0 Å². The van der Waals surface area contributed by atoms with Gasteiger partial charge in [-0.2, -0.15) is 0 Å². The predicted molar refractivity (Wildman–Crippen MR) is 64.8 cm³/mol. The van der Waals surface area contributed by atoms with E-state index < -0.39 is 17.5 Å². The molecule has 1 aliphatic rings. The van der Waals surface area contributed by atoms with Crippen molar-refractivity contribution < 1.29 is 14.7 Å². The molecule has 2 amide bonds. The Morgan fingerprint density at radius 3 is 2.24 bits per heavy atom. The summed E-state index contributed by atoms with van der Waals surface area (Å²) >= 11 is 0. The first-order valence-electron chi connectivity index (χ1n) is 5.99. The van der Waals surface area contributed by atoms with E-state index in [4.69, 9.17) is 5.11 Å². The number of urea groups is 1. The fraction of sp³-hybridized carbons (Fsp3) is 0.833. The van der Waals surface area contributed by atoms with Crippen molar-refractivity contribution in [1.29, 1.82) is 0 Å². The quantitative estimate of drug-likeness (QED) is 0.685. The lowest BCUT2D eigenvalue weighted by Crippen LogP contribution is -2.50. The van der Waals surface area contributed by atoms with E-state index in [1.54, 1.807) is 0 Å². The Balaban J connectivity index is 2.39. The van der Waals surface area contributed by atoms with Gasteiger partial charge in [0.2, 0.25) is 0 Å². The Morgan fingerprint density at radius 2 is 1.88 bits per heavy atom. The summed E-state index contributed by atoms with van der Waals surface area (Å²) in [5.41, 5.74) is -1.01. The van der Waals surface area contributed by atoms with Crippen molar-refractivity contribution in [2.75, 3.05) is 6.54 Å². The minimum absolute atomic E-state index is 0.00270. The number of carboxylic acid groups (broad SMARTS) is 1. The number of amides is 2. The van der Waals surface area contributed by atoms with Crippen LogP contribution in [0.3, 0.4) is 0 Å². The summed E-state index contributed by atoms with van der Waals surface area (Å²) in [6.45, 7) is 8.87. The zero-order valence-corrected chi connectivity index (χ0v) is 11.0. The van der Waals surface area contributed by atoms with Gasteiger partial charge < -0.3 is 15.7 Å². The Hall–Kier alpha value is -1.26. The summed E-state index contributed by atoms with van der Waals surface area (Å²) in [6, 6.07) is -0.390. The molecule has 0 aromatic rings. The van der Waals surface area contributed by atoms with Crippen molar-refractivity contribution in [2.24, 2.45) is 11.3 Å². The van der Waals surface area contributed by atoms with E-state index in [0.717, 1.165) is 0 Å². The first kappa shape index (κ1) is 13.8. The van der Waals surface area contributed by atoms with Gasteiger partial charge in [0, 0.05) is 6.54 Å². The summed E-state index contributed by atoms with van der Waals surface area (Å²) < 4.78 is 0. The highest BCUT2D eigenvalue weighted by atomic mass is 16.4. The van der Waals surface area contributed by atoms with Crippen LogP contribution in [0, 0.1) is 11.3 Å². The molecule has 1 rings (SSSR count). The SMILES string of the molecule is CC(C)C(C)(C)CNC(=O)NC1(C(=O)O)CC1. The first-order chi connectivity index (χ1) is 7.69. The topological polar surface area (TPSA) is 78.4 Å². The molecule has 0 aromatic heterocycles. The van der Waals surface area contributed by atoms with Crippen LogP contribution in [0.25, 0.3) is 0 Å². The van der Waals surface area contributed by atoms with Crippen LogP contribution in [0.4, 0.5) is 4.79 Å². The number of rotatable bonds is 5. The number of aliphatic carboxylic acids is 1. The number of hydrogen-bond donors (Lipinski definition) is 3. The van der Waals surface area contributed by atoms with Gasteiger partial charge in [-0.3, -0.25) is 0 Å². The highest BCUT2D eigenvalue weighted by Crippen LogP contribution is 2.35. The molecule has 1 aliphatic carbocycles. The maximum Gasteiger partial charge on any atom is 0.329 e. The van der Waals surface area contributed by atoms with Crippen LogP contribution in [0.2, 0.25) is 0 Å². The average molecular weight is 242 g/mol. The zero-order chi connectivity index (χ0) is 13.3. The minimum Gasteiger partial charge on any atom is -0.480 e. The maximum absolute atomic E-state index is 11.6. The maximum atomic E-state index is 11.6. The monoisotopic (exact) mass is 242 g/mol. The van der Waals surface area contributed by atoms with E-state index in [1.165, 1.54) is 0 Å². The Morgan fingerprint density at radius 1 is 1.35 bits per heavy atom. The third-order valence-electron chi connectivity index (χ3n) is 3.78. The molecule has 0 aliphatic heterocycles. The van der Waals surface area contributed by atoms with Crippen molar-refractivity contribution in [3.63, 3.8) is 0 Å². The smallest absolute Gasteiger partial charge is 0.329 e. The Bertz CT molecular complexity index is 320. The fourth-order valence-corrected chi connectivity index (χ4v) is 1.29. The number of hydrogen-bond acceptors (Lipinski definition) is 2. The van der Waals surface area contributed by atoms with Crippen LogP contribution in [-0.2, 0) is 4.79 Å². The van der Waals surface area contributed by atoms with Crippen molar-refractivity contribution >= 4 is 12.0 Å². The van der Waals surface area contributed by atoms with Crippen molar-refractivity contribution in [1.82, 2.24) is 10.6 Å². The van der Waals surface area contributed by atoms with Crippen LogP contribution in [-0.4, -0.2) is 29.2 Å². The molecule has 0 heterocycles. The molecule has 0 unspecified atom stereocenters. The van der Waals surface area contributed by atoms with Gasteiger partial charge in [-0.1, -0.05) is 27.7 Å². The number of carboxylic acids is 1. The lowest BCUT2D eigenvalue weighted by atomic mass is 9.81. The van der Waals surface area contributed by atoms with E-state index >= 15 is 0 Å². The standard InChI is InChI=1S/C12H22N2O3/c1-8(2)11(3,4)7-13-10(17)14-12(5-6-12)9(15)16/h8H,5-7H2,1-4H3,(H,15,16)(H2,13,14,17). The van der Waals surface area contributed by atoms with E-state index in [-0.39, 0.29) is 5.41 Å². The number of nitrogens with one attached hydrogen (secondary N) is 2. The van der Waals surface area contributed by atoms with Gasteiger partial charge in [-0.05, 0) is 24.2 Å². The second-order valence-corrected chi connectivity index (χ2v) is 5.84.